The Bertz CT molecular complexity index is 454. The molecule has 4 atom stereocenters. The number of rotatable bonds is 2. The lowest BCUT2D eigenvalue weighted by molar-refractivity contribution is -0.170. The van der Waals surface area contributed by atoms with Crippen LogP contribution in [0.2, 0.25) is 0 Å². The van der Waals surface area contributed by atoms with Crippen LogP contribution in [0.5, 0.6) is 0 Å². The van der Waals surface area contributed by atoms with Gasteiger partial charge in [-0.3, -0.25) is 4.79 Å². The van der Waals surface area contributed by atoms with Crippen LogP contribution in [-0.2, 0) is 4.79 Å². The van der Waals surface area contributed by atoms with Gasteiger partial charge >= 0.3 is 5.97 Å². The van der Waals surface area contributed by atoms with Gasteiger partial charge in [0.1, 0.15) is 0 Å². The van der Waals surface area contributed by atoms with E-state index in [9.17, 15) is 15.2 Å². The Kier molecular flexibility index (Phi) is 2.63. The number of nitrogens with zero attached hydrogens (tertiary/aromatic N) is 1. The first-order chi connectivity index (χ1) is 8.19. The number of hydrogen-bond donors (Lipinski definition) is 1. The van der Waals surface area contributed by atoms with Gasteiger partial charge < -0.3 is 5.11 Å². The topological polar surface area (TPSA) is 61.1 Å². The molecule has 2 rings (SSSR count). The summed E-state index contributed by atoms with van der Waals surface area (Å²) in [5, 5.41) is 19.3. The molecule has 18 heavy (non-hydrogen) atoms. The van der Waals surface area contributed by atoms with E-state index < -0.39 is 22.7 Å². The summed E-state index contributed by atoms with van der Waals surface area (Å²) in [4.78, 5) is 11.7. The van der Waals surface area contributed by atoms with Crippen LogP contribution in [0, 0.1) is 39.4 Å². The van der Waals surface area contributed by atoms with Crippen LogP contribution in [0.15, 0.2) is 12.2 Å². The van der Waals surface area contributed by atoms with Gasteiger partial charge in [0.2, 0.25) is 0 Å². The van der Waals surface area contributed by atoms with E-state index in [0.29, 0.717) is 12.3 Å². The molecule has 3 nitrogen and oxygen atoms in total. The largest absolute Gasteiger partial charge is 0.481 e. The highest BCUT2D eigenvalue weighted by atomic mass is 16.4. The van der Waals surface area contributed by atoms with Gasteiger partial charge in [-0.1, -0.05) is 39.8 Å². The van der Waals surface area contributed by atoms with E-state index in [2.05, 4.69) is 25.1 Å². The first-order valence-corrected chi connectivity index (χ1v) is 6.51. The fourth-order valence-corrected chi connectivity index (χ4v) is 4.12. The highest BCUT2D eigenvalue weighted by Gasteiger charge is 2.69. The molecule has 1 unspecified atom stereocenters. The molecule has 0 saturated heterocycles. The van der Waals surface area contributed by atoms with Gasteiger partial charge in [-0.05, 0) is 24.2 Å². The van der Waals surface area contributed by atoms with Crippen molar-refractivity contribution in [2.75, 3.05) is 0 Å². The highest BCUT2D eigenvalue weighted by Crippen LogP contribution is 2.70. The first kappa shape index (κ1) is 13.1. The lowest BCUT2D eigenvalue weighted by Crippen LogP contribution is -2.61. The summed E-state index contributed by atoms with van der Waals surface area (Å²) in [6.45, 7) is 7.80. The number of carboxylic acids is 1. The molecule has 0 spiro atoms. The fraction of sp³-hybridized carbons (Fsp3) is 0.733. The summed E-state index contributed by atoms with van der Waals surface area (Å²) < 4.78 is 0. The number of carboxylic acid groups (broad SMARTS) is 1. The SMILES string of the molecule is CC(C)(C)C(C(=O)O)[C@]1(C#N)C[C@@H]2CC=C[C@@]21C. The number of hydrogen-bond acceptors (Lipinski definition) is 2. The van der Waals surface area contributed by atoms with Gasteiger partial charge in [0.15, 0.2) is 0 Å². The first-order valence-electron chi connectivity index (χ1n) is 6.51. The maximum absolute atomic E-state index is 11.7. The predicted molar refractivity (Wildman–Crippen MR) is 68.6 cm³/mol. The van der Waals surface area contributed by atoms with Crippen molar-refractivity contribution in [2.24, 2.45) is 28.1 Å². The second-order valence-electron chi connectivity index (χ2n) is 7.04. The van der Waals surface area contributed by atoms with E-state index in [1.807, 2.05) is 20.8 Å². The van der Waals surface area contributed by atoms with Crippen molar-refractivity contribution in [3.05, 3.63) is 12.2 Å². The Morgan fingerprint density at radius 3 is 2.56 bits per heavy atom. The van der Waals surface area contributed by atoms with E-state index in [1.54, 1.807) is 0 Å². The lowest BCUT2D eigenvalue weighted by Gasteiger charge is -2.60. The summed E-state index contributed by atoms with van der Waals surface area (Å²) in [6.07, 6.45) is 5.87. The van der Waals surface area contributed by atoms with E-state index in [-0.39, 0.29) is 5.41 Å². The zero-order valence-corrected chi connectivity index (χ0v) is 11.5. The Labute approximate surface area is 108 Å². The van der Waals surface area contributed by atoms with Gasteiger partial charge in [0, 0.05) is 5.41 Å². The van der Waals surface area contributed by atoms with Crippen LogP contribution >= 0.6 is 0 Å². The van der Waals surface area contributed by atoms with E-state index in [0.717, 1.165) is 6.42 Å². The molecule has 1 fully saturated rings. The maximum Gasteiger partial charge on any atom is 0.308 e. The van der Waals surface area contributed by atoms with Crippen molar-refractivity contribution in [1.29, 1.82) is 5.26 Å². The average Bonchev–Trinajstić information content (AvgIpc) is 2.51. The molecule has 2 aliphatic carbocycles. The van der Waals surface area contributed by atoms with Crippen molar-refractivity contribution in [1.82, 2.24) is 0 Å². The minimum atomic E-state index is -0.843. The lowest BCUT2D eigenvalue weighted by atomic mass is 9.39. The monoisotopic (exact) mass is 247 g/mol. The van der Waals surface area contributed by atoms with Crippen molar-refractivity contribution in [2.45, 2.75) is 40.5 Å². The van der Waals surface area contributed by atoms with Crippen LogP contribution in [0.25, 0.3) is 0 Å². The number of aliphatic carboxylic acids is 1. The molecule has 98 valence electrons. The molecule has 1 saturated carbocycles. The smallest absolute Gasteiger partial charge is 0.308 e. The van der Waals surface area contributed by atoms with E-state index in [1.165, 1.54) is 0 Å². The minimum absolute atomic E-state index is 0.266. The predicted octanol–water partition coefficient (Wildman–Crippen LogP) is 3.23. The molecule has 0 bridgehead atoms. The van der Waals surface area contributed by atoms with E-state index >= 15 is 0 Å². The van der Waals surface area contributed by atoms with Gasteiger partial charge in [0.25, 0.3) is 0 Å². The van der Waals surface area contributed by atoms with Crippen molar-refractivity contribution in [3.8, 4) is 6.07 Å². The van der Waals surface area contributed by atoms with Crippen LogP contribution in [0.3, 0.4) is 0 Å². The molecule has 0 amide bonds. The Morgan fingerprint density at radius 1 is 1.56 bits per heavy atom. The summed E-state index contributed by atoms with van der Waals surface area (Å²) >= 11 is 0. The van der Waals surface area contributed by atoms with Crippen LogP contribution in [0.4, 0.5) is 0 Å². The number of allylic oxidation sites excluding steroid dienone is 2. The third-order valence-electron chi connectivity index (χ3n) is 5.07. The Morgan fingerprint density at radius 2 is 2.17 bits per heavy atom. The van der Waals surface area contributed by atoms with Crippen LogP contribution in [-0.4, -0.2) is 11.1 Å². The highest BCUT2D eigenvalue weighted by molar-refractivity contribution is 5.74. The average molecular weight is 247 g/mol. The molecule has 1 N–H and O–H groups in total. The Hall–Kier alpha value is -1.30. The molecule has 3 heteroatoms. The molecular formula is C15H21NO2. The molecule has 0 heterocycles. The number of nitriles is 1. The molecule has 2 aliphatic rings. The standard InChI is InChI=1S/C15H21NO2/c1-13(2,3)11(12(17)18)15(9-16)8-10-6-5-7-14(10,15)4/h5,7,10-11H,6,8H2,1-4H3,(H,17,18)/t10-,11?,14-,15+/m0/s1. The van der Waals surface area contributed by atoms with E-state index in [4.69, 9.17) is 0 Å². The second-order valence-corrected chi connectivity index (χ2v) is 7.04. The summed E-state index contributed by atoms with van der Waals surface area (Å²) in [5.41, 5.74) is -1.43. The second kappa shape index (κ2) is 3.60. The molecule has 0 aromatic rings. The number of fused-ring (bicyclic) bond motifs is 1. The minimum Gasteiger partial charge on any atom is -0.481 e. The third-order valence-corrected chi connectivity index (χ3v) is 5.07. The van der Waals surface area contributed by atoms with Gasteiger partial charge in [-0.15, -0.1) is 0 Å². The van der Waals surface area contributed by atoms with Crippen molar-refractivity contribution < 1.29 is 9.90 Å². The zero-order valence-electron chi connectivity index (χ0n) is 11.5. The molecular weight excluding hydrogens is 226 g/mol. The zero-order chi connectivity index (χ0) is 13.8. The fourth-order valence-electron chi connectivity index (χ4n) is 4.12. The van der Waals surface area contributed by atoms with Gasteiger partial charge in [-0.25, -0.2) is 0 Å². The summed E-state index contributed by atoms with van der Waals surface area (Å²) in [6, 6.07) is 2.38. The third kappa shape index (κ3) is 1.38. The van der Waals surface area contributed by atoms with Gasteiger partial charge in [-0.2, -0.15) is 5.26 Å². The molecule has 0 aliphatic heterocycles. The van der Waals surface area contributed by atoms with Crippen LogP contribution < -0.4 is 0 Å². The molecule has 0 radical (unpaired) electrons. The van der Waals surface area contributed by atoms with Crippen molar-refractivity contribution in [3.63, 3.8) is 0 Å². The van der Waals surface area contributed by atoms with Crippen molar-refractivity contribution >= 4 is 5.97 Å². The Balaban J connectivity index is 2.49. The molecule has 0 aromatic heterocycles. The summed E-state index contributed by atoms with van der Waals surface area (Å²) in [7, 11) is 0. The maximum atomic E-state index is 11.7. The van der Waals surface area contributed by atoms with Gasteiger partial charge in [0.05, 0.1) is 17.4 Å². The summed E-state index contributed by atoms with van der Waals surface area (Å²) in [5.74, 6) is -1.02. The van der Waals surface area contributed by atoms with Crippen LogP contribution in [0.1, 0.15) is 40.5 Å². The molecule has 0 aromatic carbocycles. The quantitative estimate of drug-likeness (QED) is 0.762. The normalized spacial score (nSPS) is 39.6. The number of carbonyl (C=O) groups is 1.